The van der Waals surface area contributed by atoms with Gasteiger partial charge in [0.25, 0.3) is 0 Å². The fourth-order valence-corrected chi connectivity index (χ4v) is 0.904. The molecule has 1 heteroatoms. The summed E-state index contributed by atoms with van der Waals surface area (Å²) in [5, 5.41) is 3.97. The second-order valence-electron chi connectivity index (χ2n) is 2.06. The Kier molecular flexibility index (Phi) is 1.05. The van der Waals surface area contributed by atoms with Crippen LogP contribution in [0.3, 0.4) is 0 Å². The highest BCUT2D eigenvalue weighted by molar-refractivity contribution is 5.53. The zero-order valence-corrected chi connectivity index (χ0v) is 5.33. The van der Waals surface area contributed by atoms with Crippen molar-refractivity contribution in [3.63, 3.8) is 0 Å². The highest BCUT2D eigenvalue weighted by atomic mass is 14.8. The number of rotatable bonds is 0. The van der Waals surface area contributed by atoms with Gasteiger partial charge in [-0.1, -0.05) is 0 Å². The molecule has 0 spiro atoms. The van der Waals surface area contributed by atoms with Crippen molar-refractivity contribution in [3.05, 3.63) is 58.9 Å². The predicted molar refractivity (Wildman–Crippen MR) is 41.1 cm³/mol. The van der Waals surface area contributed by atoms with Gasteiger partial charge in [-0.3, -0.25) is 0 Å². The van der Waals surface area contributed by atoms with Crippen molar-refractivity contribution in [3.8, 4) is 0 Å². The van der Waals surface area contributed by atoms with Gasteiger partial charge in [0.2, 0.25) is 0 Å². The van der Waals surface area contributed by atoms with Gasteiger partial charge in [0.1, 0.15) is 6.08 Å². The van der Waals surface area contributed by atoms with E-state index in [0.717, 1.165) is 11.1 Å². The molecule has 2 aliphatic rings. The summed E-state index contributed by atoms with van der Waals surface area (Å²) < 4.78 is 0. The van der Waals surface area contributed by atoms with Crippen molar-refractivity contribution in [1.29, 1.82) is 0 Å². The Balaban J connectivity index is 0.000000605. The van der Waals surface area contributed by atoms with Crippen molar-refractivity contribution in [2.75, 3.05) is 0 Å². The van der Waals surface area contributed by atoms with Crippen molar-refractivity contribution in [2.45, 2.75) is 0 Å². The average Bonchev–Trinajstić information content (AvgIpc) is 2.05. The lowest BCUT2D eigenvalue weighted by molar-refractivity contribution is 1.44. The van der Waals surface area contributed by atoms with Gasteiger partial charge in [0.15, 0.2) is 5.57 Å². The van der Waals surface area contributed by atoms with Crippen LogP contribution in [0.25, 0.3) is 5.32 Å². The Bertz CT molecular complexity index is 302. The van der Waals surface area contributed by atoms with E-state index in [0.29, 0.717) is 0 Å². The normalized spacial score (nSPS) is 18.4. The van der Waals surface area contributed by atoms with Crippen LogP contribution in [-0.2, 0) is 0 Å². The molecule has 1 aliphatic carbocycles. The molecule has 0 aromatic rings. The zero-order chi connectivity index (χ0) is 6.81. The minimum absolute atomic E-state index is 0. The molecule has 0 saturated heterocycles. The van der Waals surface area contributed by atoms with Crippen LogP contribution in [-0.4, -0.2) is 0 Å². The maximum atomic E-state index is 3.97. The first-order valence-corrected chi connectivity index (χ1v) is 3.08. The molecule has 0 unspecified atom stereocenters. The molecule has 1 aliphatic heterocycles. The Labute approximate surface area is 61.2 Å². The first-order chi connectivity index (χ1) is 4.97. The minimum atomic E-state index is 0. The first kappa shape index (κ1) is 5.25. The molecule has 10 heavy (non-hydrogen) atoms. The Morgan fingerprint density at radius 3 is 3.50 bits per heavy atom. The van der Waals surface area contributed by atoms with Gasteiger partial charge in [-0.25, -0.2) is 0 Å². The summed E-state index contributed by atoms with van der Waals surface area (Å²) >= 11 is 0. The van der Waals surface area contributed by atoms with Gasteiger partial charge in [-0.2, -0.15) is 0 Å². The molecule has 0 radical (unpaired) electrons. The predicted octanol–water partition coefficient (Wildman–Crippen LogP) is 2.34. The van der Waals surface area contributed by atoms with Crippen LogP contribution in [0.2, 0.25) is 0 Å². The van der Waals surface area contributed by atoms with Crippen molar-refractivity contribution >= 4 is 0 Å². The molecule has 0 aromatic carbocycles. The van der Waals surface area contributed by atoms with Gasteiger partial charge in [0, 0.05) is 17.9 Å². The summed E-state index contributed by atoms with van der Waals surface area (Å²) in [5.74, 6) is 0. The lowest BCUT2D eigenvalue weighted by Crippen LogP contribution is -1.88. The fourth-order valence-electron chi connectivity index (χ4n) is 0.904. The molecule has 0 amide bonds. The van der Waals surface area contributed by atoms with Gasteiger partial charge in [-0.15, -0.1) is 12.4 Å². The molecule has 1 heterocycles. The molecule has 0 saturated carbocycles. The summed E-state index contributed by atoms with van der Waals surface area (Å²) in [6, 6.07) is 0. The molecular weight excluding hydrogens is 122 g/mol. The van der Waals surface area contributed by atoms with E-state index in [9.17, 15) is 0 Å². The van der Waals surface area contributed by atoms with Crippen LogP contribution >= 0.6 is 0 Å². The minimum Gasteiger partial charge on any atom is -0.653 e. The Hall–Kier alpha value is -1.55. The molecule has 46 valence electrons. The summed E-state index contributed by atoms with van der Waals surface area (Å²) in [7, 11) is 0. The standard InChI is InChI=1S/C9H5N/c1-2-4-9-7-10-6-5-8(9)3-1/h1,4-7H/p+1. The average molecular weight is 128 g/mol. The zero-order valence-electron chi connectivity index (χ0n) is 6.33. The van der Waals surface area contributed by atoms with E-state index in [4.69, 9.17) is 0 Å². The van der Waals surface area contributed by atoms with Gasteiger partial charge in [0.05, 0.1) is 11.6 Å². The molecule has 0 atom stereocenters. The van der Waals surface area contributed by atoms with E-state index in [1.165, 1.54) is 0 Å². The highest BCUT2D eigenvalue weighted by Gasteiger charge is 2.08. The van der Waals surface area contributed by atoms with Gasteiger partial charge < -0.3 is 5.32 Å². The molecule has 0 N–H and O–H groups in total. The van der Waals surface area contributed by atoms with E-state index < -0.39 is 0 Å². The van der Waals surface area contributed by atoms with E-state index >= 15 is 0 Å². The number of allylic oxidation sites excluding steroid dienone is 5. The van der Waals surface area contributed by atoms with Gasteiger partial charge in [-0.05, 0) is 0 Å². The van der Waals surface area contributed by atoms with E-state index in [2.05, 4.69) is 17.1 Å². The third kappa shape index (κ3) is 0.708. The van der Waals surface area contributed by atoms with E-state index in [1.54, 1.807) is 12.3 Å². The highest BCUT2D eigenvalue weighted by Crippen LogP contribution is 2.21. The van der Waals surface area contributed by atoms with Crippen molar-refractivity contribution in [1.82, 2.24) is 0 Å². The molecule has 1 nitrogen and oxygen atoms in total. The molecular formula is C9H6N+. The maximum Gasteiger partial charge on any atom is 1.00 e. The van der Waals surface area contributed by atoms with E-state index in [-0.39, 0.29) is 1.43 Å². The lowest BCUT2D eigenvalue weighted by atomic mass is 10.0. The number of nitrogens with zero attached hydrogens (tertiary/aromatic N) is 1. The number of hydrogen-bond donors (Lipinski definition) is 0. The number of hydrogen-bond acceptors (Lipinski definition) is 0. The van der Waals surface area contributed by atoms with Crippen LogP contribution in [0.1, 0.15) is 1.43 Å². The van der Waals surface area contributed by atoms with Crippen LogP contribution in [0, 0.1) is 6.08 Å². The Morgan fingerprint density at radius 1 is 1.60 bits per heavy atom. The summed E-state index contributed by atoms with van der Waals surface area (Å²) in [4.78, 5) is 0. The smallest absolute Gasteiger partial charge is 0.653 e. The second kappa shape index (κ2) is 2.00. The summed E-state index contributed by atoms with van der Waals surface area (Å²) in [6.07, 6.45) is 12.2. The third-order valence-electron chi connectivity index (χ3n) is 1.40. The summed E-state index contributed by atoms with van der Waals surface area (Å²) in [5.41, 5.74) is 5.12. The molecule has 0 fully saturated rings. The monoisotopic (exact) mass is 128 g/mol. The van der Waals surface area contributed by atoms with Gasteiger partial charge >= 0.3 is 1.43 Å². The van der Waals surface area contributed by atoms with Crippen LogP contribution in [0.15, 0.2) is 47.5 Å². The molecule has 0 aromatic heterocycles. The fraction of sp³-hybridized carbons (Fsp3) is 0. The van der Waals surface area contributed by atoms with E-state index in [1.807, 2.05) is 18.4 Å². The largest absolute Gasteiger partial charge is 1.00 e. The van der Waals surface area contributed by atoms with Crippen LogP contribution in [0.4, 0.5) is 0 Å². The Morgan fingerprint density at radius 2 is 2.60 bits per heavy atom. The SMILES string of the molecule is C1=C[C+]=C2C=C[N-]C=C2C=1.[H+]. The molecule has 0 bridgehead atoms. The lowest BCUT2D eigenvalue weighted by Gasteiger charge is -2.11. The third-order valence-corrected chi connectivity index (χ3v) is 1.40. The summed E-state index contributed by atoms with van der Waals surface area (Å²) in [6.45, 7) is 0. The van der Waals surface area contributed by atoms with Crippen LogP contribution in [0.5, 0.6) is 0 Å². The topological polar surface area (TPSA) is 14.1 Å². The molecule has 2 rings (SSSR count). The maximum absolute atomic E-state index is 3.97. The second-order valence-corrected chi connectivity index (χ2v) is 2.06. The quantitative estimate of drug-likeness (QED) is 0.351. The number of fused-ring (bicyclic) bond motifs is 1. The first-order valence-electron chi connectivity index (χ1n) is 3.08. The van der Waals surface area contributed by atoms with Crippen LogP contribution < -0.4 is 0 Å². The van der Waals surface area contributed by atoms with Crippen molar-refractivity contribution < 1.29 is 1.43 Å². The van der Waals surface area contributed by atoms with Crippen molar-refractivity contribution in [2.24, 2.45) is 0 Å².